The van der Waals surface area contributed by atoms with Crippen molar-refractivity contribution in [2.45, 2.75) is 13.3 Å². The van der Waals surface area contributed by atoms with E-state index < -0.39 is 18.4 Å². The Morgan fingerprint density at radius 2 is 2.20 bits per heavy atom. The van der Waals surface area contributed by atoms with Gasteiger partial charge in [0.1, 0.15) is 16.6 Å². The minimum atomic E-state index is -0.631. The van der Waals surface area contributed by atoms with Gasteiger partial charge in [-0.3, -0.25) is 9.59 Å². The Balaban J connectivity index is 1.95. The molecular formula is C17H14ClN3O3S. The number of ether oxygens (including phenoxy) is 1. The SMILES string of the molecule is C/C(N)=C(/C#N)C(=O)COC(=O)Cc1csc(-c2cccc(Cl)c2)n1. The molecule has 0 aliphatic heterocycles. The molecule has 25 heavy (non-hydrogen) atoms. The third kappa shape index (κ3) is 5.14. The van der Waals surface area contributed by atoms with Crippen LogP contribution < -0.4 is 5.73 Å². The van der Waals surface area contributed by atoms with Crippen molar-refractivity contribution in [1.29, 1.82) is 5.26 Å². The Morgan fingerprint density at radius 1 is 1.44 bits per heavy atom. The summed E-state index contributed by atoms with van der Waals surface area (Å²) in [5.41, 5.74) is 6.70. The van der Waals surface area contributed by atoms with Gasteiger partial charge in [-0.15, -0.1) is 11.3 Å². The summed E-state index contributed by atoms with van der Waals surface area (Å²) >= 11 is 7.33. The standard InChI is InChI=1S/C17H14ClN3O3S/c1-10(20)14(7-19)15(22)8-24-16(23)6-13-9-25-17(21-13)11-3-2-4-12(18)5-11/h2-5,9H,6,8,20H2,1H3/b14-10+. The van der Waals surface area contributed by atoms with Crippen molar-refractivity contribution in [2.24, 2.45) is 5.73 Å². The lowest BCUT2D eigenvalue weighted by Gasteiger charge is -2.03. The lowest BCUT2D eigenvalue weighted by Crippen LogP contribution is -2.18. The van der Waals surface area contributed by atoms with Crippen LogP contribution in [0.1, 0.15) is 12.6 Å². The van der Waals surface area contributed by atoms with Crippen LogP contribution in [-0.4, -0.2) is 23.3 Å². The van der Waals surface area contributed by atoms with Crippen molar-refractivity contribution in [1.82, 2.24) is 4.98 Å². The summed E-state index contributed by atoms with van der Waals surface area (Å²) in [6, 6.07) is 8.93. The molecule has 6 nitrogen and oxygen atoms in total. The average molecular weight is 376 g/mol. The van der Waals surface area contributed by atoms with E-state index in [9.17, 15) is 9.59 Å². The molecule has 0 atom stereocenters. The van der Waals surface area contributed by atoms with E-state index in [0.717, 1.165) is 10.6 Å². The summed E-state index contributed by atoms with van der Waals surface area (Å²) in [5, 5.41) is 11.9. The second kappa shape index (κ2) is 8.42. The van der Waals surface area contributed by atoms with E-state index in [1.165, 1.54) is 18.3 Å². The number of carbonyl (C=O) groups is 2. The van der Waals surface area contributed by atoms with Crippen LogP contribution in [0.25, 0.3) is 10.6 Å². The van der Waals surface area contributed by atoms with E-state index in [1.54, 1.807) is 23.6 Å². The normalized spacial score (nSPS) is 11.4. The predicted octanol–water partition coefficient (Wildman–Crippen LogP) is 2.87. The number of ketones is 1. The number of aromatic nitrogens is 1. The van der Waals surface area contributed by atoms with Crippen LogP contribution >= 0.6 is 22.9 Å². The van der Waals surface area contributed by atoms with Crippen molar-refractivity contribution in [3.63, 3.8) is 0 Å². The predicted molar refractivity (Wildman–Crippen MR) is 94.7 cm³/mol. The molecule has 8 heteroatoms. The van der Waals surface area contributed by atoms with Gasteiger partial charge in [-0.05, 0) is 19.1 Å². The number of nitriles is 1. The largest absolute Gasteiger partial charge is 0.457 e. The summed E-state index contributed by atoms with van der Waals surface area (Å²) in [6.45, 7) is 0.909. The van der Waals surface area contributed by atoms with E-state index in [0.29, 0.717) is 10.7 Å². The van der Waals surface area contributed by atoms with Crippen molar-refractivity contribution in [3.8, 4) is 16.6 Å². The molecule has 0 fully saturated rings. The first kappa shape index (κ1) is 18.6. The molecule has 0 bridgehead atoms. The van der Waals surface area contributed by atoms with Crippen molar-refractivity contribution >= 4 is 34.7 Å². The maximum Gasteiger partial charge on any atom is 0.312 e. The van der Waals surface area contributed by atoms with Crippen molar-refractivity contribution in [3.05, 3.63) is 51.6 Å². The minimum absolute atomic E-state index is 0.0719. The first-order chi connectivity index (χ1) is 11.9. The molecule has 0 amide bonds. The molecule has 1 aromatic carbocycles. The monoisotopic (exact) mass is 375 g/mol. The number of hydrogen-bond donors (Lipinski definition) is 1. The Hall–Kier alpha value is -2.69. The molecule has 0 saturated carbocycles. The van der Waals surface area contributed by atoms with Gasteiger partial charge in [0.15, 0.2) is 6.61 Å². The highest BCUT2D eigenvalue weighted by Crippen LogP contribution is 2.26. The number of esters is 1. The lowest BCUT2D eigenvalue weighted by molar-refractivity contribution is -0.146. The Bertz CT molecular complexity index is 879. The van der Waals surface area contributed by atoms with E-state index in [1.807, 2.05) is 12.1 Å². The first-order valence-corrected chi connectivity index (χ1v) is 8.42. The van der Waals surface area contributed by atoms with Crippen LogP contribution in [0.2, 0.25) is 5.02 Å². The second-order valence-electron chi connectivity index (χ2n) is 5.08. The summed E-state index contributed by atoms with van der Waals surface area (Å²) in [7, 11) is 0. The Morgan fingerprint density at radius 3 is 2.84 bits per heavy atom. The summed E-state index contributed by atoms with van der Waals surface area (Å²) < 4.78 is 4.89. The number of rotatable bonds is 6. The third-order valence-electron chi connectivity index (χ3n) is 3.10. The molecule has 128 valence electrons. The number of Topliss-reactive ketones (excluding diaryl/α,β-unsaturated/α-hetero) is 1. The van der Waals surface area contributed by atoms with E-state index in [-0.39, 0.29) is 17.7 Å². The number of nitrogens with two attached hydrogens (primary N) is 1. The zero-order valence-corrected chi connectivity index (χ0v) is 14.9. The molecular weight excluding hydrogens is 362 g/mol. The fourth-order valence-corrected chi connectivity index (χ4v) is 2.94. The molecule has 0 radical (unpaired) electrons. The number of allylic oxidation sites excluding steroid dienone is 1. The van der Waals surface area contributed by atoms with Crippen LogP contribution in [0.15, 0.2) is 40.9 Å². The van der Waals surface area contributed by atoms with Gasteiger partial charge in [-0.25, -0.2) is 4.98 Å². The molecule has 0 aliphatic carbocycles. The highest BCUT2D eigenvalue weighted by molar-refractivity contribution is 7.13. The molecule has 2 N–H and O–H groups in total. The van der Waals surface area contributed by atoms with Gasteiger partial charge in [0.05, 0.1) is 12.1 Å². The minimum Gasteiger partial charge on any atom is -0.457 e. The molecule has 2 rings (SSSR count). The van der Waals surface area contributed by atoms with Crippen LogP contribution in [0.5, 0.6) is 0 Å². The molecule has 0 spiro atoms. The van der Waals surface area contributed by atoms with Gasteiger partial charge in [0.25, 0.3) is 0 Å². The van der Waals surface area contributed by atoms with Crippen LogP contribution in [0.3, 0.4) is 0 Å². The number of carbonyl (C=O) groups excluding carboxylic acids is 2. The smallest absolute Gasteiger partial charge is 0.312 e. The third-order valence-corrected chi connectivity index (χ3v) is 4.27. The van der Waals surface area contributed by atoms with Gasteiger partial charge < -0.3 is 10.5 Å². The highest BCUT2D eigenvalue weighted by atomic mass is 35.5. The zero-order chi connectivity index (χ0) is 18.4. The molecule has 0 unspecified atom stereocenters. The van der Waals surface area contributed by atoms with Crippen molar-refractivity contribution in [2.75, 3.05) is 6.61 Å². The quantitative estimate of drug-likeness (QED) is 0.472. The molecule has 0 saturated heterocycles. The summed E-state index contributed by atoms with van der Waals surface area (Å²) in [4.78, 5) is 27.9. The maximum absolute atomic E-state index is 11.8. The number of thiazole rings is 1. The van der Waals surface area contributed by atoms with Gasteiger partial charge in [0.2, 0.25) is 5.78 Å². The summed E-state index contributed by atoms with van der Waals surface area (Å²) in [5.74, 6) is -1.24. The number of benzene rings is 1. The van der Waals surface area contributed by atoms with Gasteiger partial charge in [-0.2, -0.15) is 5.26 Å². The van der Waals surface area contributed by atoms with Crippen LogP contribution in [0, 0.1) is 11.3 Å². The Kier molecular flexibility index (Phi) is 6.28. The average Bonchev–Trinajstić information content (AvgIpc) is 3.01. The molecule has 1 heterocycles. The van der Waals surface area contributed by atoms with E-state index in [2.05, 4.69) is 4.98 Å². The molecule has 2 aromatic rings. The second-order valence-corrected chi connectivity index (χ2v) is 6.38. The van der Waals surface area contributed by atoms with Crippen LogP contribution in [-0.2, 0) is 20.7 Å². The first-order valence-electron chi connectivity index (χ1n) is 7.16. The van der Waals surface area contributed by atoms with Gasteiger partial charge in [0, 0.05) is 21.7 Å². The number of hydrogen-bond acceptors (Lipinski definition) is 7. The maximum atomic E-state index is 11.8. The lowest BCUT2D eigenvalue weighted by atomic mass is 10.1. The fraction of sp³-hybridized carbons (Fsp3) is 0.176. The van der Waals surface area contributed by atoms with Crippen LogP contribution in [0.4, 0.5) is 0 Å². The highest BCUT2D eigenvalue weighted by Gasteiger charge is 2.15. The van der Waals surface area contributed by atoms with E-state index in [4.69, 9.17) is 27.3 Å². The van der Waals surface area contributed by atoms with Gasteiger partial charge in [-0.1, -0.05) is 23.7 Å². The van der Waals surface area contributed by atoms with E-state index >= 15 is 0 Å². The zero-order valence-electron chi connectivity index (χ0n) is 13.3. The number of halogens is 1. The molecule has 0 aliphatic rings. The topological polar surface area (TPSA) is 106 Å². The molecule has 1 aromatic heterocycles. The number of nitrogens with zero attached hydrogens (tertiary/aromatic N) is 2. The van der Waals surface area contributed by atoms with Gasteiger partial charge >= 0.3 is 5.97 Å². The Labute approximate surface area is 153 Å². The fourth-order valence-electron chi connectivity index (χ4n) is 1.93. The van der Waals surface area contributed by atoms with Crippen molar-refractivity contribution < 1.29 is 14.3 Å². The summed E-state index contributed by atoms with van der Waals surface area (Å²) in [6.07, 6.45) is -0.0719.